The zero-order valence-corrected chi connectivity index (χ0v) is 12.1. The highest BCUT2D eigenvalue weighted by Crippen LogP contribution is 2.22. The number of benzene rings is 1. The van der Waals surface area contributed by atoms with Crippen LogP contribution in [-0.2, 0) is 6.54 Å². The number of aryl methyl sites for hydroxylation is 1. The third-order valence-electron chi connectivity index (χ3n) is 4.11. The van der Waals surface area contributed by atoms with Crippen LogP contribution in [0.1, 0.15) is 36.8 Å². The molecule has 1 saturated carbocycles. The van der Waals surface area contributed by atoms with Crippen molar-refractivity contribution >= 4 is 0 Å². The van der Waals surface area contributed by atoms with Gasteiger partial charge in [0.05, 0.1) is 7.11 Å². The topological polar surface area (TPSA) is 47.3 Å². The average molecular weight is 262 g/mol. The summed E-state index contributed by atoms with van der Waals surface area (Å²) in [6, 6.07) is 6.82. The molecule has 3 heteroatoms. The molecule has 0 unspecified atom stereocenters. The summed E-state index contributed by atoms with van der Waals surface area (Å²) in [6.45, 7) is 4.13. The third-order valence-corrected chi connectivity index (χ3v) is 4.11. The molecule has 2 rings (SSSR count). The molecule has 0 atom stereocenters. The van der Waals surface area contributed by atoms with E-state index in [-0.39, 0.29) is 0 Å². The van der Waals surface area contributed by atoms with E-state index in [0.29, 0.717) is 6.04 Å². The van der Waals surface area contributed by atoms with Crippen molar-refractivity contribution in [2.45, 2.75) is 45.2 Å². The molecule has 1 aromatic rings. The number of ether oxygens (including phenoxy) is 1. The molecule has 19 heavy (non-hydrogen) atoms. The second-order valence-corrected chi connectivity index (χ2v) is 5.72. The molecule has 3 N–H and O–H groups in total. The molecular weight excluding hydrogens is 236 g/mol. The van der Waals surface area contributed by atoms with Gasteiger partial charge in [0.25, 0.3) is 0 Å². The molecule has 1 fully saturated rings. The van der Waals surface area contributed by atoms with Crippen LogP contribution >= 0.6 is 0 Å². The summed E-state index contributed by atoms with van der Waals surface area (Å²) in [5.74, 6) is 1.77. The Kier molecular flexibility index (Phi) is 5.23. The first-order valence-corrected chi connectivity index (χ1v) is 7.29. The van der Waals surface area contributed by atoms with Gasteiger partial charge in [0.15, 0.2) is 0 Å². The first kappa shape index (κ1) is 14.4. The van der Waals surface area contributed by atoms with Gasteiger partial charge in [-0.3, -0.25) is 0 Å². The Morgan fingerprint density at radius 1 is 1.26 bits per heavy atom. The number of nitrogens with two attached hydrogens (primary N) is 1. The highest BCUT2D eigenvalue weighted by molar-refractivity contribution is 5.36. The maximum atomic E-state index is 5.93. The first-order valence-electron chi connectivity index (χ1n) is 7.29. The van der Waals surface area contributed by atoms with E-state index in [2.05, 4.69) is 24.4 Å². The fraction of sp³-hybridized carbons (Fsp3) is 0.625. The smallest absolute Gasteiger partial charge is 0.121 e. The van der Waals surface area contributed by atoms with E-state index in [4.69, 9.17) is 10.5 Å². The molecule has 0 aromatic heterocycles. The number of rotatable bonds is 5. The minimum Gasteiger partial charge on any atom is -0.496 e. The van der Waals surface area contributed by atoms with Crippen molar-refractivity contribution in [1.82, 2.24) is 5.32 Å². The average Bonchev–Trinajstić information content (AvgIpc) is 2.41. The molecule has 0 radical (unpaired) electrons. The van der Waals surface area contributed by atoms with Gasteiger partial charge in [-0.25, -0.2) is 0 Å². The van der Waals surface area contributed by atoms with Crippen LogP contribution in [0.4, 0.5) is 0 Å². The van der Waals surface area contributed by atoms with E-state index in [9.17, 15) is 0 Å². The van der Waals surface area contributed by atoms with Crippen molar-refractivity contribution in [3.05, 3.63) is 29.3 Å². The molecule has 1 aromatic carbocycles. The molecule has 3 nitrogen and oxygen atoms in total. The Morgan fingerprint density at radius 3 is 2.63 bits per heavy atom. The van der Waals surface area contributed by atoms with E-state index in [1.165, 1.54) is 36.8 Å². The first-order chi connectivity index (χ1) is 9.19. The van der Waals surface area contributed by atoms with Crippen LogP contribution in [0.15, 0.2) is 18.2 Å². The molecule has 0 saturated heterocycles. The number of hydrogen-bond donors (Lipinski definition) is 2. The summed E-state index contributed by atoms with van der Waals surface area (Å²) in [5.41, 5.74) is 8.45. The summed E-state index contributed by atoms with van der Waals surface area (Å²) in [7, 11) is 1.72. The van der Waals surface area contributed by atoms with Gasteiger partial charge in [0.2, 0.25) is 0 Å². The van der Waals surface area contributed by atoms with E-state index < -0.39 is 0 Å². The van der Waals surface area contributed by atoms with Crippen LogP contribution in [0, 0.1) is 12.8 Å². The standard InChI is InChI=1S/C16H26N2O/c1-12-9-14(5-8-16(12)19-2)11-18-10-13-3-6-15(17)7-4-13/h5,8-9,13,15,18H,3-4,6-7,10-11,17H2,1-2H3. The maximum Gasteiger partial charge on any atom is 0.121 e. The van der Waals surface area contributed by atoms with Crippen LogP contribution in [0.5, 0.6) is 5.75 Å². The lowest BCUT2D eigenvalue weighted by Crippen LogP contribution is -2.31. The second kappa shape index (κ2) is 6.92. The maximum absolute atomic E-state index is 5.93. The van der Waals surface area contributed by atoms with E-state index in [1.807, 2.05) is 6.07 Å². The van der Waals surface area contributed by atoms with Crippen molar-refractivity contribution < 1.29 is 4.74 Å². The van der Waals surface area contributed by atoms with Crippen molar-refractivity contribution in [2.75, 3.05) is 13.7 Å². The highest BCUT2D eigenvalue weighted by Gasteiger charge is 2.17. The van der Waals surface area contributed by atoms with Crippen molar-refractivity contribution in [3.63, 3.8) is 0 Å². The van der Waals surface area contributed by atoms with Crippen LogP contribution in [0.3, 0.4) is 0 Å². The summed E-state index contributed by atoms with van der Waals surface area (Å²) in [4.78, 5) is 0. The molecule has 1 aliphatic rings. The van der Waals surface area contributed by atoms with Crippen LogP contribution in [0.25, 0.3) is 0 Å². The summed E-state index contributed by atoms with van der Waals surface area (Å²) in [6.07, 6.45) is 4.92. The Hall–Kier alpha value is -1.06. The molecule has 0 bridgehead atoms. The highest BCUT2D eigenvalue weighted by atomic mass is 16.5. The third kappa shape index (κ3) is 4.22. The van der Waals surface area contributed by atoms with Crippen molar-refractivity contribution in [2.24, 2.45) is 11.7 Å². The molecule has 0 amide bonds. The Morgan fingerprint density at radius 2 is 2.00 bits per heavy atom. The Bertz CT molecular complexity index is 398. The molecular formula is C16H26N2O. The minimum atomic E-state index is 0.445. The fourth-order valence-electron chi connectivity index (χ4n) is 2.86. The zero-order chi connectivity index (χ0) is 13.7. The normalized spacial score (nSPS) is 23.3. The van der Waals surface area contributed by atoms with Gasteiger partial charge in [-0.05, 0) is 62.3 Å². The Balaban J connectivity index is 1.75. The van der Waals surface area contributed by atoms with Crippen molar-refractivity contribution in [3.8, 4) is 5.75 Å². The van der Waals surface area contributed by atoms with Crippen molar-refractivity contribution in [1.29, 1.82) is 0 Å². The molecule has 1 aliphatic carbocycles. The molecule has 0 aliphatic heterocycles. The van der Waals surface area contributed by atoms with E-state index in [1.54, 1.807) is 7.11 Å². The monoisotopic (exact) mass is 262 g/mol. The van der Waals surface area contributed by atoms with Gasteiger partial charge < -0.3 is 15.8 Å². The van der Waals surface area contributed by atoms with Gasteiger partial charge in [-0.15, -0.1) is 0 Å². The lowest BCUT2D eigenvalue weighted by molar-refractivity contribution is 0.314. The number of hydrogen-bond acceptors (Lipinski definition) is 3. The largest absolute Gasteiger partial charge is 0.496 e. The quantitative estimate of drug-likeness (QED) is 0.857. The van der Waals surface area contributed by atoms with Gasteiger partial charge in [-0.1, -0.05) is 12.1 Å². The molecule has 106 valence electrons. The van der Waals surface area contributed by atoms with E-state index in [0.717, 1.165) is 24.8 Å². The number of nitrogens with one attached hydrogen (secondary N) is 1. The fourth-order valence-corrected chi connectivity index (χ4v) is 2.86. The van der Waals surface area contributed by atoms with E-state index >= 15 is 0 Å². The molecule has 0 spiro atoms. The van der Waals surface area contributed by atoms with Gasteiger partial charge in [-0.2, -0.15) is 0 Å². The van der Waals surface area contributed by atoms with Gasteiger partial charge in [0, 0.05) is 12.6 Å². The molecule has 0 heterocycles. The predicted molar refractivity (Wildman–Crippen MR) is 79.4 cm³/mol. The predicted octanol–water partition coefficient (Wildman–Crippen LogP) is 2.61. The van der Waals surface area contributed by atoms with Crippen LogP contribution in [0.2, 0.25) is 0 Å². The zero-order valence-electron chi connectivity index (χ0n) is 12.1. The lowest BCUT2D eigenvalue weighted by atomic mass is 9.86. The van der Waals surface area contributed by atoms with Gasteiger partial charge in [0.1, 0.15) is 5.75 Å². The minimum absolute atomic E-state index is 0.445. The lowest BCUT2D eigenvalue weighted by Gasteiger charge is -2.26. The van der Waals surface area contributed by atoms with Crippen LogP contribution in [-0.4, -0.2) is 19.7 Å². The SMILES string of the molecule is COc1ccc(CNCC2CCC(N)CC2)cc1C. The second-order valence-electron chi connectivity index (χ2n) is 5.72. The Labute approximate surface area is 116 Å². The summed E-state index contributed by atoms with van der Waals surface area (Å²) < 4.78 is 5.28. The summed E-state index contributed by atoms with van der Waals surface area (Å²) in [5, 5.41) is 3.57. The van der Waals surface area contributed by atoms with Crippen LogP contribution < -0.4 is 15.8 Å². The number of methoxy groups -OCH3 is 1. The van der Waals surface area contributed by atoms with Gasteiger partial charge >= 0.3 is 0 Å². The summed E-state index contributed by atoms with van der Waals surface area (Å²) >= 11 is 0.